The minimum Gasteiger partial charge on any atom is -0.508 e. The third kappa shape index (κ3) is 8.13. The maximum Gasteiger partial charge on any atom is 0.118 e. The number of epoxide rings is 1. The lowest BCUT2D eigenvalue weighted by molar-refractivity contribution is 0.466. The van der Waals surface area contributed by atoms with Gasteiger partial charge in [-0.3, -0.25) is 0 Å². The van der Waals surface area contributed by atoms with Crippen LogP contribution in [0.15, 0.2) is 24.3 Å². The molecule has 1 saturated heterocycles. The van der Waals surface area contributed by atoms with E-state index in [2.05, 4.69) is 11.7 Å². The molecule has 1 aromatic rings. The number of unbranched alkanes of at least 4 members (excludes halogenated alkanes) is 5. The fraction of sp³-hybridized carbons (Fsp3) is 0.625. The Kier molecular flexibility index (Phi) is 8.32. The highest BCUT2D eigenvalue weighted by Gasteiger charge is 1.98. The summed E-state index contributed by atoms with van der Waals surface area (Å²) in [5, 5.41) is 9.55. The summed E-state index contributed by atoms with van der Waals surface area (Å²) in [6.45, 7) is 4.24. The molecule has 1 aromatic carbocycles. The van der Waals surface area contributed by atoms with Gasteiger partial charge < -0.3 is 9.84 Å². The number of para-hydroxylation sites is 1. The molecule has 102 valence electrons. The van der Waals surface area contributed by atoms with Crippen molar-refractivity contribution in [2.24, 2.45) is 0 Å². The van der Waals surface area contributed by atoms with E-state index < -0.39 is 0 Å². The van der Waals surface area contributed by atoms with Gasteiger partial charge in [0.1, 0.15) is 5.75 Å². The second-order valence-electron chi connectivity index (χ2n) is 4.76. The summed E-state index contributed by atoms with van der Waals surface area (Å²) in [5.74, 6) is 0.450. The molecule has 0 unspecified atom stereocenters. The van der Waals surface area contributed by atoms with Crippen LogP contribution in [0.2, 0.25) is 0 Å². The molecule has 2 rings (SSSR count). The van der Waals surface area contributed by atoms with Gasteiger partial charge in [0.05, 0.1) is 13.2 Å². The van der Waals surface area contributed by atoms with Crippen LogP contribution in [0.5, 0.6) is 5.75 Å². The lowest BCUT2D eigenvalue weighted by Gasteiger charge is -2.03. The van der Waals surface area contributed by atoms with Gasteiger partial charge in [0.15, 0.2) is 0 Å². The zero-order chi connectivity index (χ0) is 13.1. The molecule has 0 amide bonds. The molecule has 0 bridgehead atoms. The molecular formula is C16H26O2. The lowest BCUT2D eigenvalue weighted by Crippen LogP contribution is -1.86. The van der Waals surface area contributed by atoms with E-state index in [0.29, 0.717) is 5.75 Å². The van der Waals surface area contributed by atoms with E-state index in [1.807, 2.05) is 18.2 Å². The number of aryl methyl sites for hydroxylation is 1. The number of benzene rings is 1. The van der Waals surface area contributed by atoms with Crippen LogP contribution in [0.25, 0.3) is 0 Å². The smallest absolute Gasteiger partial charge is 0.118 e. The first kappa shape index (κ1) is 15.0. The molecule has 0 atom stereocenters. The Morgan fingerprint density at radius 1 is 1.00 bits per heavy atom. The van der Waals surface area contributed by atoms with Crippen LogP contribution in [0, 0.1) is 0 Å². The van der Waals surface area contributed by atoms with Crippen molar-refractivity contribution in [2.45, 2.75) is 51.9 Å². The van der Waals surface area contributed by atoms with E-state index in [1.165, 1.54) is 38.5 Å². The first-order chi connectivity index (χ1) is 8.84. The molecule has 0 aliphatic carbocycles. The first-order valence-electron chi connectivity index (χ1n) is 7.19. The van der Waals surface area contributed by atoms with Crippen LogP contribution in [0.4, 0.5) is 0 Å². The maximum absolute atomic E-state index is 9.55. The number of phenols is 1. The number of hydrogen-bond donors (Lipinski definition) is 1. The molecule has 1 aliphatic heterocycles. The minimum absolute atomic E-state index is 0.450. The third-order valence-electron chi connectivity index (χ3n) is 3.00. The highest BCUT2D eigenvalue weighted by atomic mass is 16.6. The van der Waals surface area contributed by atoms with E-state index >= 15 is 0 Å². The topological polar surface area (TPSA) is 32.8 Å². The molecule has 1 heterocycles. The van der Waals surface area contributed by atoms with Crippen LogP contribution >= 0.6 is 0 Å². The normalized spacial score (nSPS) is 12.7. The first-order valence-corrected chi connectivity index (χ1v) is 7.19. The van der Waals surface area contributed by atoms with Crippen molar-refractivity contribution in [3.63, 3.8) is 0 Å². The number of hydrogen-bond acceptors (Lipinski definition) is 2. The summed E-state index contributed by atoms with van der Waals surface area (Å²) in [6, 6.07) is 7.65. The molecule has 0 radical (unpaired) electrons. The summed E-state index contributed by atoms with van der Waals surface area (Å²) in [7, 11) is 0. The molecule has 2 nitrogen and oxygen atoms in total. The predicted molar refractivity (Wildman–Crippen MR) is 76.0 cm³/mol. The van der Waals surface area contributed by atoms with Crippen molar-refractivity contribution in [3.05, 3.63) is 29.8 Å². The van der Waals surface area contributed by atoms with Crippen LogP contribution < -0.4 is 0 Å². The van der Waals surface area contributed by atoms with Crippen molar-refractivity contribution in [3.8, 4) is 5.75 Å². The average molecular weight is 250 g/mol. The zero-order valence-electron chi connectivity index (χ0n) is 11.5. The molecule has 18 heavy (non-hydrogen) atoms. The van der Waals surface area contributed by atoms with Crippen molar-refractivity contribution >= 4 is 0 Å². The van der Waals surface area contributed by atoms with Crippen molar-refractivity contribution in [2.75, 3.05) is 13.2 Å². The summed E-state index contributed by atoms with van der Waals surface area (Å²) in [5.41, 5.74) is 1.09. The predicted octanol–water partition coefficient (Wildman–Crippen LogP) is 4.31. The fourth-order valence-corrected chi connectivity index (χ4v) is 1.82. The highest BCUT2D eigenvalue weighted by molar-refractivity contribution is 5.31. The Hall–Kier alpha value is -1.02. The van der Waals surface area contributed by atoms with E-state index in [4.69, 9.17) is 0 Å². The third-order valence-corrected chi connectivity index (χ3v) is 3.00. The minimum atomic E-state index is 0.450. The number of rotatable bonds is 7. The molecule has 0 saturated carbocycles. The van der Waals surface area contributed by atoms with Gasteiger partial charge in [0.2, 0.25) is 0 Å². The largest absolute Gasteiger partial charge is 0.508 e. The fourth-order valence-electron chi connectivity index (χ4n) is 1.82. The molecule has 1 fully saturated rings. The average Bonchev–Trinajstić information content (AvgIpc) is 3.24. The van der Waals surface area contributed by atoms with Gasteiger partial charge in [-0.1, -0.05) is 57.2 Å². The van der Waals surface area contributed by atoms with Crippen molar-refractivity contribution in [1.82, 2.24) is 0 Å². The Morgan fingerprint density at radius 3 is 2.22 bits per heavy atom. The van der Waals surface area contributed by atoms with E-state index in [1.54, 1.807) is 6.07 Å². The Bertz CT molecular complexity index is 305. The summed E-state index contributed by atoms with van der Waals surface area (Å²) in [4.78, 5) is 0. The van der Waals surface area contributed by atoms with E-state index in [-0.39, 0.29) is 0 Å². The summed E-state index contributed by atoms with van der Waals surface area (Å²) >= 11 is 0. The summed E-state index contributed by atoms with van der Waals surface area (Å²) in [6.07, 6.45) is 8.85. The van der Waals surface area contributed by atoms with Gasteiger partial charge in [-0.05, 0) is 24.5 Å². The van der Waals surface area contributed by atoms with Crippen LogP contribution in [0.1, 0.15) is 51.0 Å². The maximum atomic E-state index is 9.55. The van der Waals surface area contributed by atoms with Crippen molar-refractivity contribution in [1.29, 1.82) is 0 Å². The molecule has 0 aromatic heterocycles. The lowest BCUT2D eigenvalue weighted by atomic mass is 10.0. The Morgan fingerprint density at radius 2 is 1.61 bits per heavy atom. The SMILES string of the molecule is C1CO1.CCCCCCCCc1ccccc1O. The second kappa shape index (κ2) is 9.95. The Labute approximate surface area is 111 Å². The Balaban J connectivity index is 0.000000468. The quantitative estimate of drug-likeness (QED) is 0.577. The molecule has 1 N–H and O–H groups in total. The highest BCUT2D eigenvalue weighted by Crippen LogP contribution is 2.18. The standard InChI is InChI=1S/C14H22O.C2H4O/c1-2-3-4-5-6-7-10-13-11-8-9-12-14(13)15;1-2-3-1/h8-9,11-12,15H,2-7,10H2,1H3;1-2H2. The van der Waals surface area contributed by atoms with Gasteiger partial charge in [-0.15, -0.1) is 0 Å². The van der Waals surface area contributed by atoms with Crippen LogP contribution in [0.3, 0.4) is 0 Å². The van der Waals surface area contributed by atoms with Gasteiger partial charge in [-0.2, -0.15) is 0 Å². The van der Waals surface area contributed by atoms with Crippen LogP contribution in [-0.4, -0.2) is 18.3 Å². The van der Waals surface area contributed by atoms with Gasteiger partial charge >= 0.3 is 0 Å². The monoisotopic (exact) mass is 250 g/mol. The number of phenolic OH excluding ortho intramolecular Hbond substituents is 1. The number of aromatic hydroxyl groups is 1. The van der Waals surface area contributed by atoms with E-state index in [9.17, 15) is 5.11 Å². The van der Waals surface area contributed by atoms with E-state index in [0.717, 1.165) is 25.2 Å². The summed E-state index contributed by atoms with van der Waals surface area (Å²) < 4.78 is 4.50. The van der Waals surface area contributed by atoms with Crippen molar-refractivity contribution < 1.29 is 9.84 Å². The number of ether oxygens (including phenoxy) is 1. The van der Waals surface area contributed by atoms with Crippen LogP contribution in [-0.2, 0) is 11.2 Å². The van der Waals surface area contributed by atoms with Gasteiger partial charge in [0, 0.05) is 0 Å². The van der Waals surface area contributed by atoms with Gasteiger partial charge in [0.25, 0.3) is 0 Å². The second-order valence-corrected chi connectivity index (χ2v) is 4.76. The molecule has 1 aliphatic rings. The van der Waals surface area contributed by atoms with Gasteiger partial charge in [-0.25, -0.2) is 0 Å². The molecular weight excluding hydrogens is 224 g/mol. The zero-order valence-corrected chi connectivity index (χ0v) is 11.5. The molecule has 2 heteroatoms. The molecule has 0 spiro atoms.